The van der Waals surface area contributed by atoms with Gasteiger partial charge in [0.05, 0.1) is 12.7 Å². The van der Waals surface area contributed by atoms with E-state index in [2.05, 4.69) is 53.6 Å². The molecule has 0 heterocycles. The van der Waals surface area contributed by atoms with Crippen LogP contribution in [0.25, 0.3) is 11.1 Å². The number of nitrogens with one attached hydrogen (secondary N) is 1. The summed E-state index contributed by atoms with van der Waals surface area (Å²) in [5.74, 6) is 0.427. The van der Waals surface area contributed by atoms with E-state index in [4.69, 9.17) is 25.6 Å². The predicted octanol–water partition coefficient (Wildman–Crippen LogP) is 8.99. The van der Waals surface area contributed by atoms with E-state index in [1.807, 2.05) is 42.5 Å². The van der Waals surface area contributed by atoms with Crippen LogP contribution in [0.5, 0.6) is 5.75 Å². The lowest BCUT2D eigenvalue weighted by atomic mass is 9.88. The van der Waals surface area contributed by atoms with E-state index in [0.717, 1.165) is 34.2 Å². The maximum absolute atomic E-state index is 13.8. The number of hydrogen-bond donors (Lipinski definition) is 1. The van der Waals surface area contributed by atoms with Crippen molar-refractivity contribution in [3.8, 4) is 5.75 Å². The Morgan fingerprint density at radius 2 is 1.33 bits per heavy atom. The summed E-state index contributed by atoms with van der Waals surface area (Å²) in [4.78, 5) is 12.4. The van der Waals surface area contributed by atoms with Gasteiger partial charge in [-0.2, -0.15) is 0 Å². The third-order valence-corrected chi connectivity index (χ3v) is 8.96. The highest BCUT2D eigenvalue weighted by Crippen LogP contribution is 2.43. The molecule has 0 aliphatic rings. The average molecular weight is 646 g/mol. The monoisotopic (exact) mass is 645 g/mol. The summed E-state index contributed by atoms with van der Waals surface area (Å²) in [5, 5.41) is 2.83. The minimum atomic E-state index is -3.61. The van der Waals surface area contributed by atoms with E-state index in [1.165, 1.54) is 5.57 Å². The Hall–Kier alpha value is -3.67. The van der Waals surface area contributed by atoms with Crippen molar-refractivity contribution in [3.63, 3.8) is 0 Å². The Morgan fingerprint density at radius 1 is 0.778 bits per heavy atom. The third kappa shape index (κ3) is 10.4. The minimum Gasteiger partial charge on any atom is -0.462 e. The normalized spacial score (nSPS) is 13.9. The first-order valence-electron chi connectivity index (χ1n) is 15.2. The van der Waals surface area contributed by atoms with Crippen molar-refractivity contribution in [3.05, 3.63) is 138 Å². The highest BCUT2D eigenvalue weighted by Gasteiger charge is 2.31. The zero-order chi connectivity index (χ0) is 32.1. The van der Waals surface area contributed by atoms with E-state index in [-0.39, 0.29) is 12.5 Å². The SMILES string of the molecule is CC(C)OC(=O)[C@H](C)NP(=O)(COCCc1ccc(C(=C(CCCl)c2ccccc2)c2ccccc2)cc1)Oc1ccccc1. The molecule has 0 spiro atoms. The molecule has 0 amide bonds. The molecule has 236 valence electrons. The number of carbonyl (C=O) groups excluding carboxylic acids is 1. The van der Waals surface area contributed by atoms with Gasteiger partial charge in [-0.25, -0.2) is 5.09 Å². The second-order valence-corrected chi connectivity index (χ2v) is 13.3. The lowest BCUT2D eigenvalue weighted by Crippen LogP contribution is -2.36. The number of carbonyl (C=O) groups is 1. The molecule has 0 aromatic heterocycles. The van der Waals surface area contributed by atoms with Crippen molar-refractivity contribution >= 4 is 36.2 Å². The highest BCUT2D eigenvalue weighted by molar-refractivity contribution is 7.57. The highest BCUT2D eigenvalue weighted by atomic mass is 35.5. The lowest BCUT2D eigenvalue weighted by Gasteiger charge is -2.24. The molecule has 0 saturated heterocycles. The Labute approximate surface area is 271 Å². The summed E-state index contributed by atoms with van der Waals surface area (Å²) in [6.45, 7) is 5.45. The quantitative estimate of drug-likeness (QED) is 0.0431. The van der Waals surface area contributed by atoms with Crippen LogP contribution in [0.15, 0.2) is 115 Å². The molecule has 45 heavy (non-hydrogen) atoms. The first-order chi connectivity index (χ1) is 21.8. The standard InChI is InChI=1S/C37H41ClNO5P/c1-28(2)43-37(40)29(3)39-45(41,44-34-17-11-6-12-18-34)27-42-26-24-30-19-21-33(22-20-30)36(32-15-9-5-10-16-32)35(23-25-38)31-13-7-4-8-14-31/h4-22,28-29H,23-27H2,1-3H3,(H,39,41)/t29-,45?/m0/s1. The van der Waals surface area contributed by atoms with Crippen LogP contribution in [-0.4, -0.2) is 36.9 Å². The van der Waals surface area contributed by atoms with Gasteiger partial charge in [-0.3, -0.25) is 9.36 Å². The number of alkyl halides is 1. The Kier molecular flexibility index (Phi) is 13.0. The summed E-state index contributed by atoms with van der Waals surface area (Å²) in [6, 6.07) is 37.2. The topological polar surface area (TPSA) is 73.9 Å². The fourth-order valence-electron chi connectivity index (χ4n) is 4.90. The molecule has 4 aromatic carbocycles. The number of allylic oxidation sites excluding steroid dienone is 1. The van der Waals surface area contributed by atoms with Crippen molar-refractivity contribution < 1.29 is 23.4 Å². The Morgan fingerprint density at radius 3 is 1.91 bits per heavy atom. The van der Waals surface area contributed by atoms with Crippen LogP contribution in [0.4, 0.5) is 0 Å². The van der Waals surface area contributed by atoms with Crippen molar-refractivity contribution in [1.82, 2.24) is 5.09 Å². The van der Waals surface area contributed by atoms with Gasteiger partial charge in [-0.05, 0) is 79.1 Å². The molecule has 6 nitrogen and oxygen atoms in total. The van der Waals surface area contributed by atoms with Gasteiger partial charge < -0.3 is 14.0 Å². The average Bonchev–Trinajstić information content (AvgIpc) is 3.04. The molecular weight excluding hydrogens is 605 g/mol. The van der Waals surface area contributed by atoms with Gasteiger partial charge in [-0.1, -0.05) is 103 Å². The largest absolute Gasteiger partial charge is 0.462 e. The first kappa shape index (κ1) is 34.2. The van der Waals surface area contributed by atoms with Gasteiger partial charge in [0.25, 0.3) is 0 Å². The molecule has 1 N–H and O–H groups in total. The fourth-order valence-corrected chi connectivity index (χ4v) is 6.80. The lowest BCUT2D eigenvalue weighted by molar-refractivity contribution is -0.149. The first-order valence-corrected chi connectivity index (χ1v) is 17.5. The summed E-state index contributed by atoms with van der Waals surface area (Å²) < 4.78 is 30.8. The van der Waals surface area contributed by atoms with Crippen LogP contribution in [0, 0.1) is 0 Å². The molecule has 1 unspecified atom stereocenters. The van der Waals surface area contributed by atoms with Gasteiger partial charge in [0, 0.05) is 5.88 Å². The molecule has 0 bridgehead atoms. The molecule has 2 atom stereocenters. The second kappa shape index (κ2) is 17.1. The molecule has 0 radical (unpaired) electrons. The number of para-hydroxylation sites is 1. The molecule has 4 rings (SSSR count). The Balaban J connectivity index is 1.47. The van der Waals surface area contributed by atoms with Crippen molar-refractivity contribution in [2.24, 2.45) is 0 Å². The molecule has 0 fully saturated rings. The summed E-state index contributed by atoms with van der Waals surface area (Å²) in [7, 11) is -3.61. The summed E-state index contributed by atoms with van der Waals surface area (Å²) >= 11 is 6.30. The fraction of sp³-hybridized carbons (Fsp3) is 0.270. The van der Waals surface area contributed by atoms with E-state index in [9.17, 15) is 9.36 Å². The van der Waals surface area contributed by atoms with Crippen LogP contribution in [0.3, 0.4) is 0 Å². The van der Waals surface area contributed by atoms with Gasteiger partial charge in [0.2, 0.25) is 0 Å². The number of benzene rings is 4. The molecule has 4 aromatic rings. The number of esters is 1. The van der Waals surface area contributed by atoms with Crippen LogP contribution in [0.1, 0.15) is 49.4 Å². The molecule has 8 heteroatoms. The van der Waals surface area contributed by atoms with Crippen LogP contribution in [0.2, 0.25) is 0 Å². The smallest absolute Gasteiger partial charge is 0.342 e. The number of rotatable bonds is 16. The van der Waals surface area contributed by atoms with Gasteiger partial charge >= 0.3 is 13.5 Å². The Bertz CT molecular complexity index is 1560. The maximum atomic E-state index is 13.8. The molecule has 0 saturated carbocycles. The molecule has 0 aliphatic carbocycles. The van der Waals surface area contributed by atoms with Crippen LogP contribution < -0.4 is 9.61 Å². The van der Waals surface area contributed by atoms with Crippen molar-refractivity contribution in [2.75, 3.05) is 18.8 Å². The van der Waals surface area contributed by atoms with Gasteiger partial charge in [-0.15, -0.1) is 11.6 Å². The van der Waals surface area contributed by atoms with Gasteiger partial charge in [0.15, 0.2) is 0 Å². The van der Waals surface area contributed by atoms with E-state index >= 15 is 0 Å². The van der Waals surface area contributed by atoms with Crippen LogP contribution >= 0.6 is 19.1 Å². The van der Waals surface area contributed by atoms with Gasteiger partial charge in [0.1, 0.15) is 18.1 Å². The van der Waals surface area contributed by atoms with Crippen molar-refractivity contribution in [1.29, 1.82) is 0 Å². The van der Waals surface area contributed by atoms with Crippen LogP contribution in [-0.2, 0) is 25.3 Å². The maximum Gasteiger partial charge on any atom is 0.342 e. The molecular formula is C37H41ClNO5P. The molecule has 0 aliphatic heterocycles. The zero-order valence-electron chi connectivity index (χ0n) is 26.0. The van der Waals surface area contributed by atoms with E-state index in [1.54, 1.807) is 45.0 Å². The minimum absolute atomic E-state index is 0.209. The number of hydrogen-bond acceptors (Lipinski definition) is 5. The third-order valence-electron chi connectivity index (χ3n) is 6.96. The number of ether oxygens (including phenoxy) is 2. The van der Waals surface area contributed by atoms with E-state index in [0.29, 0.717) is 24.7 Å². The van der Waals surface area contributed by atoms with E-state index < -0.39 is 19.5 Å². The second-order valence-electron chi connectivity index (χ2n) is 10.9. The summed E-state index contributed by atoms with van der Waals surface area (Å²) in [5.41, 5.74) is 6.80. The summed E-state index contributed by atoms with van der Waals surface area (Å²) in [6.07, 6.45) is 0.842. The predicted molar refractivity (Wildman–Crippen MR) is 184 cm³/mol. The number of halogens is 1. The van der Waals surface area contributed by atoms with Crippen molar-refractivity contribution in [2.45, 2.75) is 45.8 Å². The zero-order valence-corrected chi connectivity index (χ0v) is 27.7.